The van der Waals surface area contributed by atoms with Gasteiger partial charge in [0.1, 0.15) is 0 Å². The van der Waals surface area contributed by atoms with Crippen LogP contribution in [0.15, 0.2) is 49.6 Å². The first-order chi connectivity index (χ1) is 15.2. The predicted octanol–water partition coefficient (Wildman–Crippen LogP) is 6.64. The van der Waals surface area contributed by atoms with E-state index < -0.39 is 0 Å². The molecular formula is C28H30N4. The molecule has 0 saturated carbocycles. The Morgan fingerprint density at radius 2 is 1.09 bits per heavy atom. The lowest BCUT2D eigenvalue weighted by atomic mass is 9.87. The van der Waals surface area contributed by atoms with E-state index in [4.69, 9.17) is 9.97 Å². The molecule has 2 aliphatic heterocycles. The van der Waals surface area contributed by atoms with Crippen molar-refractivity contribution in [3.8, 4) is 0 Å². The lowest BCUT2D eigenvalue weighted by Gasteiger charge is -2.15. The summed E-state index contributed by atoms with van der Waals surface area (Å²) >= 11 is 0. The summed E-state index contributed by atoms with van der Waals surface area (Å²) in [7, 11) is 0. The van der Waals surface area contributed by atoms with Crippen LogP contribution in [-0.2, 0) is 23.7 Å². The highest BCUT2D eigenvalue weighted by Crippen LogP contribution is 2.33. The maximum Gasteiger partial charge on any atom is 0.0487 e. The van der Waals surface area contributed by atoms with Gasteiger partial charge in [0.25, 0.3) is 0 Å². The van der Waals surface area contributed by atoms with Crippen molar-refractivity contribution in [2.45, 2.75) is 51.4 Å². The summed E-state index contributed by atoms with van der Waals surface area (Å²) in [5.41, 5.74) is 10.5. The van der Waals surface area contributed by atoms with Crippen LogP contribution in [0.2, 0.25) is 0 Å². The molecule has 4 nitrogen and oxygen atoms in total. The van der Waals surface area contributed by atoms with Gasteiger partial charge in [0.05, 0.1) is 0 Å². The molecule has 0 radical (unpaired) electrons. The molecule has 2 aliphatic rings. The standard InChI is InChI=1S/C28H30N4/c1-7-17-9-19-13-25-28(5,6)16-22(32-25)12-24-18(8-2)10-20(30-24)14-26-27(3,4)15-21(31-26)11-23(17)29-19/h7-14,29-30H,1-2,15-16H2,3-6H3. The second kappa shape index (κ2) is 7.06. The van der Waals surface area contributed by atoms with E-state index in [1.54, 1.807) is 0 Å². The molecule has 2 N–H and O–H groups in total. The molecule has 0 unspecified atom stereocenters. The monoisotopic (exact) mass is 422 g/mol. The molecule has 3 aromatic heterocycles. The Hall–Kier alpha value is -3.40. The summed E-state index contributed by atoms with van der Waals surface area (Å²) in [4.78, 5) is 17.1. The molecule has 5 rings (SSSR count). The van der Waals surface area contributed by atoms with Crippen LogP contribution in [0.4, 0.5) is 0 Å². The quantitative estimate of drug-likeness (QED) is 0.486. The number of aromatic nitrogens is 4. The van der Waals surface area contributed by atoms with E-state index in [2.05, 4.69) is 87.2 Å². The highest BCUT2D eigenvalue weighted by molar-refractivity contribution is 5.77. The summed E-state index contributed by atoms with van der Waals surface area (Å²) in [5.74, 6) is 0. The Morgan fingerprint density at radius 3 is 1.47 bits per heavy atom. The lowest BCUT2D eigenvalue weighted by Crippen LogP contribution is -2.15. The number of aromatic amines is 2. The van der Waals surface area contributed by atoms with Gasteiger partial charge in [0.2, 0.25) is 0 Å². The van der Waals surface area contributed by atoms with E-state index in [0.29, 0.717) is 0 Å². The third-order valence-corrected chi connectivity index (χ3v) is 6.61. The average Bonchev–Trinajstić information content (AvgIpc) is 3.41. The number of hydrogen-bond acceptors (Lipinski definition) is 2. The number of H-pyrrole nitrogens is 2. The number of rotatable bonds is 2. The molecule has 32 heavy (non-hydrogen) atoms. The minimum Gasteiger partial charge on any atom is -0.355 e. The van der Waals surface area contributed by atoms with E-state index in [1.165, 1.54) is 0 Å². The average molecular weight is 423 g/mol. The van der Waals surface area contributed by atoms with Crippen molar-refractivity contribution < 1.29 is 0 Å². The van der Waals surface area contributed by atoms with Crippen molar-refractivity contribution in [1.82, 2.24) is 19.9 Å². The normalized spacial score (nSPS) is 16.6. The molecule has 0 fully saturated rings. The molecular weight excluding hydrogens is 392 g/mol. The van der Waals surface area contributed by atoms with Crippen LogP contribution in [0.1, 0.15) is 61.6 Å². The molecule has 0 spiro atoms. The van der Waals surface area contributed by atoms with E-state index in [9.17, 15) is 0 Å². The molecule has 5 heterocycles. The Labute approximate surface area is 189 Å². The van der Waals surface area contributed by atoms with Crippen LogP contribution in [0.25, 0.3) is 34.2 Å². The fourth-order valence-electron chi connectivity index (χ4n) is 4.78. The fourth-order valence-corrected chi connectivity index (χ4v) is 4.78. The largest absolute Gasteiger partial charge is 0.355 e. The summed E-state index contributed by atoms with van der Waals surface area (Å²) in [5, 5.41) is 0. The first kappa shape index (κ1) is 20.5. The summed E-state index contributed by atoms with van der Waals surface area (Å²) in [6.45, 7) is 17.0. The van der Waals surface area contributed by atoms with Crippen LogP contribution in [0.3, 0.4) is 0 Å². The summed E-state index contributed by atoms with van der Waals surface area (Å²) < 4.78 is 0. The molecule has 0 aliphatic carbocycles. The molecule has 0 saturated heterocycles. The van der Waals surface area contributed by atoms with E-state index >= 15 is 0 Å². The zero-order chi connectivity index (χ0) is 22.7. The number of nitrogens with zero attached hydrogens (tertiary/aromatic N) is 2. The lowest BCUT2D eigenvalue weighted by molar-refractivity contribution is 0.543. The van der Waals surface area contributed by atoms with Gasteiger partial charge >= 0.3 is 0 Å². The first-order valence-electron chi connectivity index (χ1n) is 11.2. The van der Waals surface area contributed by atoms with Crippen molar-refractivity contribution in [2.24, 2.45) is 0 Å². The van der Waals surface area contributed by atoms with Gasteiger partial charge in [-0.15, -0.1) is 0 Å². The summed E-state index contributed by atoms with van der Waals surface area (Å²) in [6.07, 6.45) is 5.57. The van der Waals surface area contributed by atoms with Gasteiger partial charge in [-0.2, -0.15) is 0 Å². The van der Waals surface area contributed by atoms with Gasteiger partial charge in [-0.05, 0) is 47.5 Å². The third-order valence-electron chi connectivity index (χ3n) is 6.61. The minimum atomic E-state index is -0.0396. The second-order valence-corrected chi connectivity index (χ2v) is 10.3. The fraction of sp³-hybridized carbons (Fsp3) is 0.286. The third kappa shape index (κ3) is 3.50. The molecule has 0 aromatic carbocycles. The van der Waals surface area contributed by atoms with Crippen molar-refractivity contribution >= 4 is 34.2 Å². The molecule has 4 heteroatoms. The Kier molecular flexibility index (Phi) is 4.52. The minimum absolute atomic E-state index is 0.0396. The number of fused-ring (bicyclic) bond motifs is 8. The highest BCUT2D eigenvalue weighted by Gasteiger charge is 2.29. The van der Waals surface area contributed by atoms with Gasteiger partial charge in [-0.3, -0.25) is 9.97 Å². The number of nitrogens with one attached hydrogen (secondary N) is 2. The molecule has 3 aromatic rings. The van der Waals surface area contributed by atoms with Crippen molar-refractivity contribution in [3.05, 3.63) is 83.5 Å². The number of hydrogen-bond donors (Lipinski definition) is 2. The Balaban J connectivity index is 1.91. The van der Waals surface area contributed by atoms with E-state index in [-0.39, 0.29) is 10.8 Å². The van der Waals surface area contributed by atoms with Gasteiger partial charge in [-0.1, -0.05) is 53.0 Å². The van der Waals surface area contributed by atoms with Crippen LogP contribution < -0.4 is 0 Å². The molecule has 0 atom stereocenters. The predicted molar refractivity (Wildman–Crippen MR) is 135 cm³/mol. The Morgan fingerprint density at radius 1 is 0.688 bits per heavy atom. The van der Waals surface area contributed by atoms with Crippen molar-refractivity contribution in [3.63, 3.8) is 0 Å². The maximum absolute atomic E-state index is 5.00. The molecule has 0 amide bonds. The second-order valence-electron chi connectivity index (χ2n) is 10.3. The van der Waals surface area contributed by atoms with Crippen LogP contribution in [0, 0.1) is 0 Å². The zero-order valence-electron chi connectivity index (χ0n) is 19.3. The van der Waals surface area contributed by atoms with Gasteiger partial charge in [0, 0.05) is 68.5 Å². The summed E-state index contributed by atoms with van der Waals surface area (Å²) in [6, 6.07) is 12.9. The zero-order valence-corrected chi connectivity index (χ0v) is 19.3. The van der Waals surface area contributed by atoms with Crippen molar-refractivity contribution in [1.29, 1.82) is 0 Å². The van der Waals surface area contributed by atoms with Crippen LogP contribution in [0.5, 0.6) is 0 Å². The van der Waals surface area contributed by atoms with Gasteiger partial charge in [-0.25, -0.2) is 0 Å². The highest BCUT2D eigenvalue weighted by atomic mass is 14.8. The van der Waals surface area contributed by atoms with E-state index in [0.717, 1.165) is 68.8 Å². The smallest absolute Gasteiger partial charge is 0.0487 e. The SMILES string of the molecule is C=Cc1cc2cc3nc(cc4[nH]c(cc5nc(cc1[nH]2)CC5(C)C)cc4C=C)CC3(C)C. The van der Waals surface area contributed by atoms with Gasteiger partial charge in [0.15, 0.2) is 0 Å². The van der Waals surface area contributed by atoms with Crippen LogP contribution in [-0.4, -0.2) is 19.9 Å². The topological polar surface area (TPSA) is 57.4 Å². The maximum atomic E-state index is 5.00. The molecule has 8 bridgehead atoms. The Bertz CT molecular complexity index is 1300. The first-order valence-corrected chi connectivity index (χ1v) is 11.2. The van der Waals surface area contributed by atoms with E-state index in [1.807, 2.05) is 12.2 Å². The van der Waals surface area contributed by atoms with Crippen LogP contribution >= 0.6 is 0 Å². The molecule has 162 valence electrons. The van der Waals surface area contributed by atoms with Gasteiger partial charge < -0.3 is 9.97 Å². The van der Waals surface area contributed by atoms with Crippen molar-refractivity contribution in [2.75, 3.05) is 0 Å².